The number of anilines is 1. The van der Waals surface area contributed by atoms with E-state index < -0.39 is 0 Å². The second-order valence-corrected chi connectivity index (χ2v) is 3.41. The van der Waals surface area contributed by atoms with E-state index in [1.807, 2.05) is 6.07 Å². The van der Waals surface area contributed by atoms with Crippen molar-refractivity contribution in [3.63, 3.8) is 0 Å². The number of hydrogen-bond donors (Lipinski definition) is 3. The lowest BCUT2D eigenvalue weighted by Gasteiger charge is -2.29. The maximum atomic E-state index is 9.34. The summed E-state index contributed by atoms with van der Waals surface area (Å²) in [6, 6.07) is 4.94. The van der Waals surface area contributed by atoms with Crippen LogP contribution in [0.3, 0.4) is 0 Å². The molecule has 0 saturated carbocycles. The average Bonchev–Trinajstić information content (AvgIpc) is 2.23. The highest BCUT2D eigenvalue weighted by Crippen LogP contribution is 2.29. The fourth-order valence-electron chi connectivity index (χ4n) is 1.63. The fraction of sp³-hybridized carbons (Fsp3) is 0.400. The molecule has 1 heterocycles. The second-order valence-electron chi connectivity index (χ2n) is 3.41. The molecule has 0 bridgehead atoms. The van der Waals surface area contributed by atoms with Gasteiger partial charge in [0.1, 0.15) is 0 Å². The van der Waals surface area contributed by atoms with Crippen LogP contribution in [0.1, 0.15) is 0 Å². The van der Waals surface area contributed by atoms with E-state index in [0.29, 0.717) is 0 Å². The van der Waals surface area contributed by atoms with Crippen LogP contribution in [0, 0.1) is 0 Å². The number of benzene rings is 1. The van der Waals surface area contributed by atoms with Crippen LogP contribution >= 0.6 is 34.0 Å². The molecule has 1 aromatic rings. The van der Waals surface area contributed by atoms with E-state index in [-0.39, 0.29) is 45.5 Å². The second kappa shape index (κ2) is 6.98. The molecule has 0 radical (unpaired) electrons. The molecule has 0 atom stereocenters. The van der Waals surface area contributed by atoms with Crippen LogP contribution in [0.2, 0.25) is 0 Å². The molecule has 2 rings (SSSR count). The van der Waals surface area contributed by atoms with Crippen molar-refractivity contribution in [3.8, 4) is 11.5 Å². The van der Waals surface area contributed by atoms with E-state index in [1.165, 1.54) is 6.07 Å². The smallest absolute Gasteiger partial charge is 0.159 e. The van der Waals surface area contributed by atoms with Gasteiger partial charge in [0.15, 0.2) is 11.5 Å². The topological polar surface area (TPSA) is 55.7 Å². The van der Waals surface area contributed by atoms with Crippen LogP contribution in [0.4, 0.5) is 5.69 Å². The molecule has 6 heteroatoms. The van der Waals surface area contributed by atoms with E-state index in [1.54, 1.807) is 6.07 Å². The zero-order chi connectivity index (χ0) is 9.97. The Morgan fingerprint density at radius 2 is 1.62 bits per heavy atom. The lowest BCUT2D eigenvalue weighted by molar-refractivity contribution is 0.403. The maximum absolute atomic E-state index is 9.34. The van der Waals surface area contributed by atoms with Gasteiger partial charge >= 0.3 is 0 Å². The molecule has 0 amide bonds. The predicted molar refractivity (Wildman–Crippen MR) is 75.5 cm³/mol. The molecule has 1 fully saturated rings. The normalized spacial score (nSPS) is 14.9. The van der Waals surface area contributed by atoms with Gasteiger partial charge in [-0.25, -0.2) is 0 Å². The summed E-state index contributed by atoms with van der Waals surface area (Å²) < 4.78 is 0. The molecule has 16 heavy (non-hydrogen) atoms. The third-order valence-corrected chi connectivity index (χ3v) is 2.44. The summed E-state index contributed by atoms with van der Waals surface area (Å²) in [5.41, 5.74) is 0.960. The van der Waals surface area contributed by atoms with Crippen molar-refractivity contribution in [3.05, 3.63) is 18.2 Å². The SMILES string of the molecule is Br.Br.Oc1ccc(N2CCNCC2)cc1O. The summed E-state index contributed by atoms with van der Waals surface area (Å²) in [5, 5.41) is 21.8. The minimum atomic E-state index is -0.0658. The van der Waals surface area contributed by atoms with Crippen molar-refractivity contribution >= 4 is 39.7 Å². The molecular weight excluding hydrogens is 340 g/mol. The first kappa shape index (κ1) is 15.5. The van der Waals surface area contributed by atoms with Crippen LogP contribution in [0.25, 0.3) is 0 Å². The van der Waals surface area contributed by atoms with Crippen molar-refractivity contribution in [1.82, 2.24) is 5.32 Å². The molecule has 0 aliphatic carbocycles. The Hall–Kier alpha value is -0.460. The number of hydrogen-bond acceptors (Lipinski definition) is 4. The Kier molecular flexibility index (Phi) is 6.78. The molecule has 1 saturated heterocycles. The lowest BCUT2D eigenvalue weighted by Crippen LogP contribution is -2.43. The number of phenols is 2. The zero-order valence-corrected chi connectivity index (χ0v) is 12.1. The van der Waals surface area contributed by atoms with Gasteiger partial charge in [-0.1, -0.05) is 0 Å². The molecule has 3 N–H and O–H groups in total. The molecular formula is C10H16Br2N2O2. The Labute approximate surface area is 116 Å². The van der Waals surface area contributed by atoms with E-state index >= 15 is 0 Å². The molecule has 1 aliphatic heterocycles. The number of aromatic hydroxyl groups is 2. The van der Waals surface area contributed by atoms with Crippen molar-refractivity contribution in [2.45, 2.75) is 0 Å². The monoisotopic (exact) mass is 354 g/mol. The predicted octanol–water partition coefficient (Wildman–Crippen LogP) is 1.66. The van der Waals surface area contributed by atoms with Gasteiger partial charge in [-0.15, -0.1) is 34.0 Å². The standard InChI is InChI=1S/C10H14N2O2.2BrH/c13-9-2-1-8(7-10(9)14)12-5-3-11-4-6-12;;/h1-2,7,11,13-14H,3-6H2;2*1H. The molecule has 4 nitrogen and oxygen atoms in total. The largest absolute Gasteiger partial charge is 0.504 e. The molecule has 1 aliphatic rings. The van der Waals surface area contributed by atoms with Crippen molar-refractivity contribution in [2.24, 2.45) is 0 Å². The van der Waals surface area contributed by atoms with Gasteiger partial charge < -0.3 is 20.4 Å². The first-order valence-corrected chi connectivity index (χ1v) is 4.75. The van der Waals surface area contributed by atoms with Gasteiger partial charge in [0.05, 0.1) is 0 Å². The van der Waals surface area contributed by atoms with E-state index in [9.17, 15) is 5.11 Å². The number of nitrogens with one attached hydrogen (secondary N) is 1. The lowest BCUT2D eigenvalue weighted by atomic mass is 10.2. The molecule has 0 spiro atoms. The molecule has 1 aromatic carbocycles. The van der Waals surface area contributed by atoms with Crippen LogP contribution in [-0.4, -0.2) is 36.4 Å². The summed E-state index contributed by atoms with van der Waals surface area (Å²) in [4.78, 5) is 2.18. The van der Waals surface area contributed by atoms with Crippen molar-refractivity contribution < 1.29 is 10.2 Å². The highest BCUT2D eigenvalue weighted by Gasteiger charge is 2.11. The third-order valence-electron chi connectivity index (χ3n) is 2.44. The van der Waals surface area contributed by atoms with Gasteiger partial charge in [0.2, 0.25) is 0 Å². The Morgan fingerprint density at radius 3 is 2.19 bits per heavy atom. The van der Waals surface area contributed by atoms with Gasteiger partial charge in [-0.2, -0.15) is 0 Å². The van der Waals surface area contributed by atoms with Gasteiger partial charge in [-0.05, 0) is 12.1 Å². The van der Waals surface area contributed by atoms with Crippen LogP contribution in [0.15, 0.2) is 18.2 Å². The summed E-state index contributed by atoms with van der Waals surface area (Å²) >= 11 is 0. The van der Waals surface area contributed by atoms with E-state index in [4.69, 9.17) is 5.11 Å². The van der Waals surface area contributed by atoms with Crippen LogP contribution < -0.4 is 10.2 Å². The van der Waals surface area contributed by atoms with E-state index in [2.05, 4.69) is 10.2 Å². The number of phenolic OH excluding ortho intramolecular Hbond substituents is 2. The van der Waals surface area contributed by atoms with Crippen LogP contribution in [-0.2, 0) is 0 Å². The third kappa shape index (κ3) is 3.54. The Morgan fingerprint density at radius 1 is 1.00 bits per heavy atom. The Balaban J connectivity index is 0.00000112. The number of halogens is 2. The summed E-state index contributed by atoms with van der Waals surface area (Å²) in [5.74, 6) is -0.120. The quantitative estimate of drug-likeness (QED) is 0.671. The number of rotatable bonds is 1. The minimum absolute atomic E-state index is 0. The zero-order valence-electron chi connectivity index (χ0n) is 8.72. The average molecular weight is 356 g/mol. The molecule has 0 unspecified atom stereocenters. The fourth-order valence-corrected chi connectivity index (χ4v) is 1.63. The van der Waals surface area contributed by atoms with Crippen LogP contribution in [0.5, 0.6) is 11.5 Å². The summed E-state index contributed by atoms with van der Waals surface area (Å²) in [6.45, 7) is 3.79. The first-order chi connectivity index (χ1) is 6.77. The highest BCUT2D eigenvalue weighted by atomic mass is 79.9. The maximum Gasteiger partial charge on any atom is 0.159 e. The van der Waals surface area contributed by atoms with Gasteiger partial charge in [-0.3, -0.25) is 0 Å². The Bertz CT molecular complexity index is 331. The van der Waals surface area contributed by atoms with E-state index in [0.717, 1.165) is 31.9 Å². The highest BCUT2D eigenvalue weighted by molar-refractivity contribution is 8.93. The number of piperazine rings is 1. The van der Waals surface area contributed by atoms with Gasteiger partial charge in [0, 0.05) is 37.9 Å². The van der Waals surface area contributed by atoms with Gasteiger partial charge in [0.25, 0.3) is 0 Å². The first-order valence-electron chi connectivity index (χ1n) is 4.75. The molecule has 0 aromatic heterocycles. The summed E-state index contributed by atoms with van der Waals surface area (Å²) in [7, 11) is 0. The van der Waals surface area contributed by atoms with Crippen molar-refractivity contribution in [2.75, 3.05) is 31.1 Å². The minimum Gasteiger partial charge on any atom is -0.504 e. The number of nitrogens with zero attached hydrogens (tertiary/aromatic N) is 1. The molecule has 92 valence electrons. The summed E-state index contributed by atoms with van der Waals surface area (Å²) in [6.07, 6.45) is 0. The van der Waals surface area contributed by atoms with Crippen molar-refractivity contribution in [1.29, 1.82) is 0 Å².